The van der Waals surface area contributed by atoms with Crippen LogP contribution < -0.4 is 11.4 Å². The fourth-order valence-corrected chi connectivity index (χ4v) is 2.52. The fourth-order valence-electron chi connectivity index (χ4n) is 1.72. The number of hydrogen-bond donors (Lipinski definition) is 2. The Labute approximate surface area is 120 Å². The molecule has 3 N–H and O–H groups in total. The van der Waals surface area contributed by atoms with Crippen LogP contribution >= 0.6 is 11.8 Å². The zero-order chi connectivity index (χ0) is 14.7. The van der Waals surface area contributed by atoms with Gasteiger partial charge >= 0.3 is 5.69 Å². The maximum Gasteiger partial charge on any atom is 0.343 e. The number of H-pyrrole nitrogens is 1. The summed E-state index contributed by atoms with van der Waals surface area (Å²) in [4.78, 5) is 11.7. The van der Waals surface area contributed by atoms with Crippen LogP contribution in [0, 0.1) is 5.82 Å². The first-order chi connectivity index (χ1) is 9.51. The van der Waals surface area contributed by atoms with E-state index in [0.29, 0.717) is 16.5 Å². The Morgan fingerprint density at radius 3 is 2.85 bits per heavy atom. The normalized spacial score (nSPS) is 12.6. The number of rotatable bonds is 5. The van der Waals surface area contributed by atoms with Gasteiger partial charge in [0.1, 0.15) is 5.82 Å². The molecule has 108 valence electrons. The minimum absolute atomic E-state index is 0.0417. The van der Waals surface area contributed by atoms with Gasteiger partial charge in [-0.05, 0) is 42.3 Å². The average molecular weight is 296 g/mol. The van der Waals surface area contributed by atoms with Crippen LogP contribution in [0.1, 0.15) is 18.9 Å². The summed E-state index contributed by atoms with van der Waals surface area (Å²) >= 11 is 1.11. The van der Waals surface area contributed by atoms with Crippen molar-refractivity contribution in [1.29, 1.82) is 0 Å². The zero-order valence-corrected chi connectivity index (χ0v) is 12.2. The van der Waals surface area contributed by atoms with Crippen LogP contribution in [0.2, 0.25) is 0 Å². The molecule has 7 heteroatoms. The molecule has 0 spiro atoms. The highest BCUT2D eigenvalue weighted by Crippen LogP contribution is 2.28. The number of nitrogens with two attached hydrogens (primary N) is 1. The second-order valence-electron chi connectivity index (χ2n) is 4.61. The van der Waals surface area contributed by atoms with Gasteiger partial charge in [0.2, 0.25) is 0 Å². The summed E-state index contributed by atoms with van der Waals surface area (Å²) in [6.45, 7) is 2.00. The van der Waals surface area contributed by atoms with Gasteiger partial charge in [-0.2, -0.15) is 0 Å². The molecule has 0 radical (unpaired) electrons. The molecular formula is C13H17FN4OS. The van der Waals surface area contributed by atoms with Crippen LogP contribution in [-0.2, 0) is 13.5 Å². The lowest BCUT2D eigenvalue weighted by atomic mass is 10.0. The Morgan fingerprint density at radius 2 is 2.30 bits per heavy atom. The standard InChI is InChI=1S/C13H17FN4OS/c1-3-9(15)6-8-4-5-11(10(14)7-8)20-13-17-16-12(19)18(13)2/h4-5,7,9H,3,6,15H2,1-2H3,(H,16,19). The van der Waals surface area contributed by atoms with Gasteiger partial charge in [0.25, 0.3) is 0 Å². The first-order valence-corrected chi connectivity index (χ1v) is 7.16. The molecule has 5 nitrogen and oxygen atoms in total. The Bertz CT molecular complexity index is 652. The Hall–Kier alpha value is -1.60. The molecular weight excluding hydrogens is 279 g/mol. The summed E-state index contributed by atoms with van der Waals surface area (Å²) in [5.74, 6) is -0.328. The van der Waals surface area contributed by atoms with E-state index in [-0.39, 0.29) is 17.5 Å². The van der Waals surface area contributed by atoms with E-state index in [4.69, 9.17) is 5.73 Å². The van der Waals surface area contributed by atoms with Crippen LogP contribution in [0.5, 0.6) is 0 Å². The molecule has 0 aliphatic rings. The van der Waals surface area contributed by atoms with Gasteiger partial charge in [0.05, 0.1) is 4.90 Å². The van der Waals surface area contributed by atoms with Crippen molar-refractivity contribution in [2.24, 2.45) is 12.8 Å². The topological polar surface area (TPSA) is 76.7 Å². The molecule has 1 atom stereocenters. The fraction of sp³-hybridized carbons (Fsp3) is 0.385. The third-order valence-electron chi connectivity index (χ3n) is 3.06. The summed E-state index contributed by atoms with van der Waals surface area (Å²) in [6.07, 6.45) is 1.51. The lowest BCUT2D eigenvalue weighted by Gasteiger charge is -2.09. The number of nitrogens with zero attached hydrogens (tertiary/aromatic N) is 2. The minimum Gasteiger partial charge on any atom is -0.327 e. The molecule has 1 aromatic carbocycles. The van der Waals surface area contributed by atoms with Gasteiger partial charge in [-0.25, -0.2) is 14.3 Å². The second kappa shape index (κ2) is 6.23. The largest absolute Gasteiger partial charge is 0.343 e. The van der Waals surface area contributed by atoms with E-state index in [0.717, 1.165) is 23.7 Å². The van der Waals surface area contributed by atoms with Crippen molar-refractivity contribution >= 4 is 11.8 Å². The van der Waals surface area contributed by atoms with Crippen molar-refractivity contribution in [2.75, 3.05) is 0 Å². The van der Waals surface area contributed by atoms with Gasteiger partial charge in [-0.3, -0.25) is 4.57 Å². The van der Waals surface area contributed by atoms with Crippen LogP contribution in [0.4, 0.5) is 4.39 Å². The van der Waals surface area contributed by atoms with Gasteiger partial charge in [-0.1, -0.05) is 13.0 Å². The number of halogens is 1. The van der Waals surface area contributed by atoms with Crippen molar-refractivity contribution in [3.05, 3.63) is 40.1 Å². The van der Waals surface area contributed by atoms with Gasteiger partial charge in [-0.15, -0.1) is 5.10 Å². The van der Waals surface area contributed by atoms with Crippen LogP contribution in [0.25, 0.3) is 0 Å². The third-order valence-corrected chi connectivity index (χ3v) is 4.16. The predicted molar refractivity (Wildman–Crippen MR) is 76.3 cm³/mol. The molecule has 0 fully saturated rings. The second-order valence-corrected chi connectivity index (χ2v) is 5.62. The summed E-state index contributed by atoms with van der Waals surface area (Å²) in [5.41, 5.74) is 6.41. The highest BCUT2D eigenvalue weighted by Gasteiger charge is 2.11. The average Bonchev–Trinajstić information content (AvgIpc) is 2.73. The predicted octanol–water partition coefficient (Wildman–Crippen LogP) is 1.68. The number of aromatic nitrogens is 3. The smallest absolute Gasteiger partial charge is 0.327 e. The Morgan fingerprint density at radius 1 is 1.55 bits per heavy atom. The van der Waals surface area contributed by atoms with Crippen LogP contribution in [0.3, 0.4) is 0 Å². The highest BCUT2D eigenvalue weighted by molar-refractivity contribution is 7.99. The molecule has 2 aromatic rings. The van der Waals surface area contributed by atoms with E-state index in [1.807, 2.05) is 13.0 Å². The minimum atomic E-state index is -0.328. The quantitative estimate of drug-likeness (QED) is 0.880. The van der Waals surface area contributed by atoms with Crippen molar-refractivity contribution < 1.29 is 4.39 Å². The maximum absolute atomic E-state index is 14.0. The van der Waals surface area contributed by atoms with Crippen molar-refractivity contribution in [3.63, 3.8) is 0 Å². The van der Waals surface area contributed by atoms with E-state index in [2.05, 4.69) is 10.2 Å². The maximum atomic E-state index is 14.0. The molecule has 2 rings (SSSR count). The highest BCUT2D eigenvalue weighted by atomic mass is 32.2. The number of benzene rings is 1. The monoisotopic (exact) mass is 296 g/mol. The molecule has 0 aliphatic carbocycles. The molecule has 0 saturated heterocycles. The van der Waals surface area contributed by atoms with E-state index < -0.39 is 0 Å². The number of aromatic amines is 1. The van der Waals surface area contributed by atoms with Crippen molar-refractivity contribution in [2.45, 2.75) is 35.9 Å². The lowest BCUT2D eigenvalue weighted by molar-refractivity contribution is 0.592. The van der Waals surface area contributed by atoms with Gasteiger partial charge < -0.3 is 5.73 Å². The zero-order valence-electron chi connectivity index (χ0n) is 11.4. The number of hydrogen-bond acceptors (Lipinski definition) is 4. The van der Waals surface area contributed by atoms with E-state index in [1.54, 1.807) is 13.1 Å². The Kier molecular flexibility index (Phi) is 4.61. The van der Waals surface area contributed by atoms with Crippen molar-refractivity contribution in [1.82, 2.24) is 14.8 Å². The van der Waals surface area contributed by atoms with Crippen molar-refractivity contribution in [3.8, 4) is 0 Å². The molecule has 0 aliphatic heterocycles. The molecule has 1 aromatic heterocycles. The summed E-state index contributed by atoms with van der Waals surface area (Å²) < 4.78 is 15.4. The molecule has 0 amide bonds. The molecule has 1 heterocycles. The summed E-state index contributed by atoms with van der Waals surface area (Å²) in [5, 5.41) is 6.58. The molecule has 20 heavy (non-hydrogen) atoms. The lowest BCUT2D eigenvalue weighted by Crippen LogP contribution is -2.21. The first kappa shape index (κ1) is 14.8. The third kappa shape index (κ3) is 3.29. The summed E-state index contributed by atoms with van der Waals surface area (Å²) in [6, 6.07) is 5.07. The van der Waals surface area contributed by atoms with Gasteiger partial charge in [0, 0.05) is 13.1 Å². The molecule has 1 unspecified atom stereocenters. The Balaban J connectivity index is 2.18. The van der Waals surface area contributed by atoms with E-state index >= 15 is 0 Å². The molecule has 0 saturated carbocycles. The van der Waals surface area contributed by atoms with Crippen LogP contribution in [0.15, 0.2) is 33.0 Å². The molecule has 0 bridgehead atoms. The summed E-state index contributed by atoms with van der Waals surface area (Å²) in [7, 11) is 1.58. The SMILES string of the molecule is CCC(N)Cc1ccc(Sc2n[nH]c(=O)n2C)c(F)c1. The first-order valence-electron chi connectivity index (χ1n) is 6.34. The van der Waals surface area contributed by atoms with E-state index in [9.17, 15) is 9.18 Å². The van der Waals surface area contributed by atoms with E-state index in [1.165, 1.54) is 10.6 Å². The van der Waals surface area contributed by atoms with Crippen LogP contribution in [-0.4, -0.2) is 20.8 Å². The van der Waals surface area contributed by atoms with Gasteiger partial charge in [0.15, 0.2) is 5.16 Å². The number of nitrogens with one attached hydrogen (secondary N) is 1.